The fourth-order valence-electron chi connectivity index (χ4n) is 3.79. The van der Waals surface area contributed by atoms with E-state index < -0.39 is 5.25 Å². The van der Waals surface area contributed by atoms with Crippen molar-refractivity contribution >= 4 is 23.4 Å². The lowest BCUT2D eigenvalue weighted by atomic mass is 9.98. The van der Waals surface area contributed by atoms with Gasteiger partial charge in [0, 0.05) is 11.1 Å². The molecule has 0 aliphatic heterocycles. The topological polar surface area (TPSA) is 89.6 Å². The molecule has 1 N–H and O–H groups in total. The van der Waals surface area contributed by atoms with Gasteiger partial charge in [-0.3, -0.25) is 4.79 Å². The highest BCUT2D eigenvalue weighted by Gasteiger charge is 2.24. The molecule has 1 amide bonds. The predicted octanol–water partition coefficient (Wildman–Crippen LogP) is 6.98. The van der Waals surface area contributed by atoms with Crippen LogP contribution in [0.3, 0.4) is 0 Å². The standard InChI is InChI=1S/C30H24N4OS/c1-3-28(29(35)33-26-12-8-7-11-23(26)18-31)36-30-25(19-32)24(21-15-13-20(2)14-16-21)17-27(34-30)22-9-5-4-6-10-22/h4-17,28H,3H2,1-2H3,(H,33,35)/t28-/m0/s1. The van der Waals surface area contributed by atoms with Crippen molar-refractivity contribution in [3.63, 3.8) is 0 Å². The quantitative estimate of drug-likeness (QED) is 0.284. The first-order chi connectivity index (χ1) is 17.5. The number of carbonyl (C=O) groups is 1. The van der Waals surface area contributed by atoms with Crippen LogP contribution >= 0.6 is 11.8 Å². The number of nitrogens with zero attached hydrogens (tertiary/aromatic N) is 3. The number of benzene rings is 3. The minimum atomic E-state index is -0.506. The van der Waals surface area contributed by atoms with E-state index in [0.717, 1.165) is 27.9 Å². The first-order valence-corrected chi connectivity index (χ1v) is 12.5. The van der Waals surface area contributed by atoms with Gasteiger partial charge in [0.15, 0.2) is 0 Å². The van der Waals surface area contributed by atoms with E-state index in [9.17, 15) is 15.3 Å². The van der Waals surface area contributed by atoms with Crippen molar-refractivity contribution in [2.24, 2.45) is 0 Å². The molecule has 3 aromatic carbocycles. The van der Waals surface area contributed by atoms with Crippen LogP contribution in [-0.2, 0) is 4.79 Å². The summed E-state index contributed by atoms with van der Waals surface area (Å²) in [4.78, 5) is 18.0. The zero-order chi connectivity index (χ0) is 25.5. The van der Waals surface area contributed by atoms with E-state index >= 15 is 0 Å². The lowest BCUT2D eigenvalue weighted by Crippen LogP contribution is -2.25. The van der Waals surface area contributed by atoms with Crippen molar-refractivity contribution in [3.05, 3.63) is 102 Å². The molecule has 0 aliphatic rings. The van der Waals surface area contributed by atoms with Crippen LogP contribution in [0.4, 0.5) is 5.69 Å². The maximum Gasteiger partial charge on any atom is 0.237 e. The van der Waals surface area contributed by atoms with Gasteiger partial charge in [-0.25, -0.2) is 4.98 Å². The molecule has 0 saturated carbocycles. The Labute approximate surface area is 215 Å². The van der Waals surface area contributed by atoms with Crippen LogP contribution in [0.2, 0.25) is 0 Å². The van der Waals surface area contributed by atoms with Crippen LogP contribution in [0.1, 0.15) is 30.0 Å². The first kappa shape index (κ1) is 24.7. The minimum Gasteiger partial charge on any atom is -0.324 e. The largest absolute Gasteiger partial charge is 0.324 e. The smallest absolute Gasteiger partial charge is 0.237 e. The van der Waals surface area contributed by atoms with Crippen LogP contribution < -0.4 is 5.32 Å². The van der Waals surface area contributed by atoms with Crippen molar-refractivity contribution < 1.29 is 4.79 Å². The highest BCUT2D eigenvalue weighted by Crippen LogP contribution is 2.36. The van der Waals surface area contributed by atoms with Crippen molar-refractivity contribution in [1.82, 2.24) is 4.98 Å². The minimum absolute atomic E-state index is 0.238. The molecule has 0 bridgehead atoms. The number of amides is 1. The second-order valence-electron chi connectivity index (χ2n) is 8.24. The third kappa shape index (κ3) is 5.46. The van der Waals surface area contributed by atoms with E-state index in [1.165, 1.54) is 11.8 Å². The normalized spacial score (nSPS) is 11.2. The average Bonchev–Trinajstić information content (AvgIpc) is 2.92. The molecule has 0 fully saturated rings. The van der Waals surface area contributed by atoms with Gasteiger partial charge in [0.2, 0.25) is 5.91 Å². The molecular formula is C30H24N4OS. The summed E-state index contributed by atoms with van der Waals surface area (Å²) in [6, 6.07) is 31.1. The second kappa shape index (κ2) is 11.4. The number of pyridine rings is 1. The number of anilines is 1. The van der Waals surface area contributed by atoms with Crippen molar-refractivity contribution in [2.45, 2.75) is 30.5 Å². The Morgan fingerprint density at radius 3 is 2.31 bits per heavy atom. The Balaban J connectivity index is 1.76. The summed E-state index contributed by atoms with van der Waals surface area (Å²) in [6.07, 6.45) is 0.521. The zero-order valence-electron chi connectivity index (χ0n) is 20.0. The molecular weight excluding hydrogens is 464 g/mol. The lowest BCUT2D eigenvalue weighted by molar-refractivity contribution is -0.115. The highest BCUT2D eigenvalue weighted by molar-refractivity contribution is 8.00. The molecule has 4 aromatic rings. The van der Waals surface area contributed by atoms with Gasteiger partial charge in [-0.1, -0.05) is 91.0 Å². The summed E-state index contributed by atoms with van der Waals surface area (Å²) in [7, 11) is 0. The maximum atomic E-state index is 13.2. The third-order valence-corrected chi connectivity index (χ3v) is 7.10. The molecule has 1 heterocycles. The Hall–Kier alpha value is -4.39. The fraction of sp³-hybridized carbons (Fsp3) is 0.133. The number of aryl methyl sites for hydroxylation is 1. The molecule has 0 radical (unpaired) electrons. The van der Waals surface area contributed by atoms with Crippen LogP contribution in [-0.4, -0.2) is 16.1 Å². The van der Waals surface area contributed by atoms with Gasteiger partial charge >= 0.3 is 0 Å². The monoisotopic (exact) mass is 488 g/mol. The van der Waals surface area contributed by atoms with Gasteiger partial charge < -0.3 is 5.32 Å². The van der Waals surface area contributed by atoms with E-state index in [1.807, 2.05) is 74.5 Å². The SMILES string of the molecule is CC[C@H](Sc1nc(-c2ccccc2)cc(-c2ccc(C)cc2)c1C#N)C(=O)Nc1ccccc1C#N. The van der Waals surface area contributed by atoms with Gasteiger partial charge in [0.25, 0.3) is 0 Å². The number of aromatic nitrogens is 1. The third-order valence-electron chi connectivity index (χ3n) is 5.75. The Bertz CT molecular complexity index is 1470. The van der Waals surface area contributed by atoms with E-state index in [1.54, 1.807) is 24.3 Å². The Morgan fingerprint density at radius 1 is 0.944 bits per heavy atom. The molecule has 176 valence electrons. The summed E-state index contributed by atoms with van der Waals surface area (Å²) >= 11 is 1.27. The number of hydrogen-bond acceptors (Lipinski definition) is 5. The number of nitriles is 2. The van der Waals surface area contributed by atoms with Crippen molar-refractivity contribution in [1.29, 1.82) is 10.5 Å². The highest BCUT2D eigenvalue weighted by atomic mass is 32.2. The first-order valence-electron chi connectivity index (χ1n) is 11.6. The van der Waals surface area contributed by atoms with E-state index in [2.05, 4.69) is 17.5 Å². The summed E-state index contributed by atoms with van der Waals surface area (Å²) in [5, 5.41) is 22.4. The van der Waals surface area contributed by atoms with Crippen molar-refractivity contribution in [3.8, 4) is 34.5 Å². The molecule has 0 saturated heterocycles. The summed E-state index contributed by atoms with van der Waals surface area (Å²) in [5.41, 5.74) is 5.79. The Morgan fingerprint density at radius 2 is 1.64 bits per heavy atom. The number of hydrogen-bond donors (Lipinski definition) is 1. The molecule has 1 aromatic heterocycles. The molecule has 36 heavy (non-hydrogen) atoms. The second-order valence-corrected chi connectivity index (χ2v) is 9.43. The van der Waals surface area contributed by atoms with Gasteiger partial charge in [-0.05, 0) is 37.1 Å². The number of thioether (sulfide) groups is 1. The van der Waals surface area contributed by atoms with Gasteiger partial charge in [-0.15, -0.1) is 0 Å². The molecule has 5 nitrogen and oxygen atoms in total. The Kier molecular flexibility index (Phi) is 7.80. The van der Waals surface area contributed by atoms with Gasteiger partial charge in [-0.2, -0.15) is 10.5 Å². The number of nitrogens with one attached hydrogen (secondary N) is 1. The zero-order valence-corrected chi connectivity index (χ0v) is 20.8. The molecule has 0 spiro atoms. The summed E-state index contributed by atoms with van der Waals surface area (Å²) in [5.74, 6) is -0.238. The summed E-state index contributed by atoms with van der Waals surface area (Å²) in [6.45, 7) is 3.94. The van der Waals surface area contributed by atoms with Gasteiger partial charge in [0.1, 0.15) is 17.2 Å². The molecule has 0 unspecified atom stereocenters. The van der Waals surface area contributed by atoms with E-state index in [4.69, 9.17) is 4.98 Å². The van der Waals surface area contributed by atoms with Crippen LogP contribution in [0.25, 0.3) is 22.4 Å². The van der Waals surface area contributed by atoms with Gasteiger partial charge in [0.05, 0.1) is 27.8 Å². The van der Waals surface area contributed by atoms with E-state index in [-0.39, 0.29) is 5.91 Å². The predicted molar refractivity (Wildman–Crippen MR) is 144 cm³/mol. The van der Waals surface area contributed by atoms with Crippen molar-refractivity contribution in [2.75, 3.05) is 5.32 Å². The van der Waals surface area contributed by atoms with Crippen LogP contribution in [0, 0.1) is 29.6 Å². The molecule has 1 atom stereocenters. The maximum absolute atomic E-state index is 13.2. The number of para-hydroxylation sites is 1. The molecule has 6 heteroatoms. The number of carbonyl (C=O) groups excluding carboxylic acids is 1. The number of rotatable bonds is 7. The summed E-state index contributed by atoms with van der Waals surface area (Å²) < 4.78 is 0. The van der Waals surface area contributed by atoms with Crippen LogP contribution in [0.5, 0.6) is 0 Å². The fourth-order valence-corrected chi connectivity index (χ4v) is 4.82. The average molecular weight is 489 g/mol. The molecule has 4 rings (SSSR count). The lowest BCUT2D eigenvalue weighted by Gasteiger charge is -2.18. The molecule has 0 aliphatic carbocycles. The van der Waals surface area contributed by atoms with Crippen LogP contribution in [0.15, 0.2) is 90.0 Å². The van der Waals surface area contributed by atoms with E-state index in [0.29, 0.717) is 28.3 Å².